The Balaban J connectivity index is 1.57. The average molecular weight is 523 g/mol. The second-order valence-electron chi connectivity index (χ2n) is 8.61. The van der Waals surface area contributed by atoms with Gasteiger partial charge in [0.2, 0.25) is 5.91 Å². The summed E-state index contributed by atoms with van der Waals surface area (Å²) >= 11 is 0. The molecule has 4 rings (SSSR count). The van der Waals surface area contributed by atoms with E-state index in [9.17, 15) is 36.4 Å². The maximum Gasteiger partial charge on any atom is 0.416 e. The zero-order valence-electron chi connectivity index (χ0n) is 18.9. The first kappa shape index (κ1) is 26.1. The number of alkyl halides is 6. The summed E-state index contributed by atoms with van der Waals surface area (Å²) in [5.74, 6) is -0.826. The lowest BCUT2D eigenvalue weighted by atomic mass is 9.98. The molecule has 0 saturated heterocycles. The fraction of sp³-hybridized carbons (Fsp3) is 0.348. The molecular formula is C23H19F6N7O. The third-order valence-corrected chi connectivity index (χ3v) is 5.90. The Morgan fingerprint density at radius 3 is 2.08 bits per heavy atom. The van der Waals surface area contributed by atoms with Gasteiger partial charge in [-0.25, -0.2) is 0 Å². The number of carbonyl (C=O) groups excluding carboxylic acids is 1. The Morgan fingerprint density at radius 1 is 1.03 bits per heavy atom. The smallest absolute Gasteiger partial charge is 0.336 e. The minimum absolute atomic E-state index is 0.00645. The summed E-state index contributed by atoms with van der Waals surface area (Å²) in [5.41, 5.74) is -1.38. The van der Waals surface area contributed by atoms with E-state index in [0.717, 1.165) is 12.1 Å². The summed E-state index contributed by atoms with van der Waals surface area (Å²) in [6.45, 7) is 0. The van der Waals surface area contributed by atoms with E-state index < -0.39 is 41.4 Å². The molecule has 1 aliphatic rings. The second-order valence-corrected chi connectivity index (χ2v) is 8.61. The highest BCUT2D eigenvalue weighted by Gasteiger charge is 2.47. The van der Waals surface area contributed by atoms with E-state index in [0.29, 0.717) is 24.0 Å². The number of halogens is 6. The van der Waals surface area contributed by atoms with Crippen molar-refractivity contribution in [2.45, 2.75) is 49.2 Å². The van der Waals surface area contributed by atoms with Gasteiger partial charge in [-0.05, 0) is 41.7 Å². The van der Waals surface area contributed by atoms with Gasteiger partial charge >= 0.3 is 12.4 Å². The van der Waals surface area contributed by atoms with E-state index in [1.54, 1.807) is 0 Å². The molecule has 1 amide bonds. The summed E-state index contributed by atoms with van der Waals surface area (Å²) in [5, 5.41) is 27.0. The van der Waals surface area contributed by atoms with Crippen LogP contribution in [0.2, 0.25) is 0 Å². The molecule has 1 fully saturated rings. The van der Waals surface area contributed by atoms with E-state index in [1.807, 2.05) is 6.07 Å². The molecule has 0 radical (unpaired) electrons. The maximum absolute atomic E-state index is 14.1. The average Bonchev–Trinajstić information content (AvgIpc) is 3.43. The van der Waals surface area contributed by atoms with Gasteiger partial charge in [-0.15, -0.1) is 10.2 Å². The van der Waals surface area contributed by atoms with Crippen LogP contribution in [-0.2, 0) is 17.4 Å². The van der Waals surface area contributed by atoms with Crippen LogP contribution in [0.1, 0.15) is 35.8 Å². The Hall–Kier alpha value is -3.99. The molecule has 1 heterocycles. The van der Waals surface area contributed by atoms with E-state index >= 15 is 0 Å². The number of hydrogen-bond acceptors (Lipinski definition) is 6. The third kappa shape index (κ3) is 6.23. The number of nitrogens with one attached hydrogen (secondary N) is 3. The molecule has 0 unspecified atom stereocenters. The number of amides is 1. The molecule has 37 heavy (non-hydrogen) atoms. The quantitative estimate of drug-likeness (QED) is 0.386. The highest BCUT2D eigenvalue weighted by molar-refractivity contribution is 5.83. The summed E-state index contributed by atoms with van der Waals surface area (Å²) in [4.78, 5) is 12.9. The van der Waals surface area contributed by atoms with E-state index in [-0.39, 0.29) is 17.8 Å². The van der Waals surface area contributed by atoms with Gasteiger partial charge < -0.3 is 5.32 Å². The molecular weight excluding hydrogens is 504 g/mol. The van der Waals surface area contributed by atoms with Crippen molar-refractivity contribution >= 4 is 5.91 Å². The van der Waals surface area contributed by atoms with Gasteiger partial charge in [0.15, 0.2) is 5.82 Å². The highest BCUT2D eigenvalue weighted by atomic mass is 19.4. The number of benzene rings is 2. The molecule has 3 aromatic rings. The molecule has 3 N–H and O–H groups in total. The van der Waals surface area contributed by atoms with Crippen LogP contribution in [0, 0.1) is 11.3 Å². The van der Waals surface area contributed by atoms with Crippen molar-refractivity contribution in [3.8, 4) is 17.2 Å². The number of tetrazole rings is 1. The van der Waals surface area contributed by atoms with Gasteiger partial charge in [0.1, 0.15) is 11.6 Å². The molecule has 1 aliphatic carbocycles. The third-order valence-electron chi connectivity index (χ3n) is 5.90. The number of carbonyl (C=O) groups is 1. The first-order valence-electron chi connectivity index (χ1n) is 11.0. The van der Waals surface area contributed by atoms with Gasteiger partial charge in [0.25, 0.3) is 0 Å². The van der Waals surface area contributed by atoms with Gasteiger partial charge in [0.05, 0.1) is 17.7 Å². The normalized spacial score (nSPS) is 16.5. The fourth-order valence-corrected chi connectivity index (χ4v) is 3.69. The van der Waals surface area contributed by atoms with Crippen LogP contribution in [-0.4, -0.2) is 44.3 Å². The number of H-pyrrole nitrogens is 1. The van der Waals surface area contributed by atoms with Crippen LogP contribution >= 0.6 is 0 Å². The largest absolute Gasteiger partial charge is 0.416 e. The highest BCUT2D eigenvalue weighted by Crippen LogP contribution is 2.37. The monoisotopic (exact) mass is 523 g/mol. The van der Waals surface area contributed by atoms with Crippen molar-refractivity contribution in [2.75, 3.05) is 0 Å². The van der Waals surface area contributed by atoms with Crippen LogP contribution < -0.4 is 10.6 Å². The minimum Gasteiger partial charge on any atom is -0.336 e. The summed E-state index contributed by atoms with van der Waals surface area (Å²) in [7, 11) is 0. The summed E-state index contributed by atoms with van der Waals surface area (Å²) in [6.07, 6.45) is -8.89. The van der Waals surface area contributed by atoms with Crippen molar-refractivity contribution in [3.63, 3.8) is 0 Å². The molecule has 0 spiro atoms. The number of nitriles is 1. The SMILES string of the molecule is N#CC1(NC(=O)[C@H](Cc2nn[nH]n2)N[C@@H](c2ccc(-c3ccc(C(F)(F)F)cc3)cc2)C(F)(F)F)CC1. The number of aromatic amines is 1. The van der Waals surface area contributed by atoms with Crippen molar-refractivity contribution in [2.24, 2.45) is 0 Å². The zero-order valence-corrected chi connectivity index (χ0v) is 18.9. The van der Waals surface area contributed by atoms with Crippen LogP contribution in [0.5, 0.6) is 0 Å². The predicted octanol–water partition coefficient (Wildman–Crippen LogP) is 3.86. The number of hydrogen-bond donors (Lipinski definition) is 3. The number of aromatic nitrogens is 4. The fourth-order valence-electron chi connectivity index (χ4n) is 3.69. The Morgan fingerprint density at radius 2 is 1.62 bits per heavy atom. The van der Waals surface area contributed by atoms with Crippen LogP contribution in [0.3, 0.4) is 0 Å². The second kappa shape index (κ2) is 9.81. The molecule has 0 aliphatic heterocycles. The first-order chi connectivity index (χ1) is 17.4. The van der Waals surface area contributed by atoms with E-state index in [1.165, 1.54) is 36.4 Å². The number of nitrogens with zero attached hydrogens (tertiary/aromatic N) is 4. The van der Waals surface area contributed by atoms with Gasteiger partial charge in [-0.3, -0.25) is 10.1 Å². The van der Waals surface area contributed by atoms with Crippen LogP contribution in [0.4, 0.5) is 26.3 Å². The minimum atomic E-state index is -4.82. The first-order valence-corrected chi connectivity index (χ1v) is 11.0. The Labute approximate surface area is 206 Å². The van der Waals surface area contributed by atoms with E-state index in [2.05, 4.69) is 31.3 Å². The van der Waals surface area contributed by atoms with Crippen LogP contribution in [0.25, 0.3) is 11.1 Å². The van der Waals surface area contributed by atoms with Gasteiger partial charge in [-0.2, -0.15) is 36.8 Å². The van der Waals surface area contributed by atoms with Gasteiger partial charge in [-0.1, -0.05) is 41.6 Å². The Bertz CT molecular complexity index is 1260. The van der Waals surface area contributed by atoms with Crippen molar-refractivity contribution in [3.05, 3.63) is 65.5 Å². The molecule has 2 aromatic carbocycles. The molecule has 0 bridgehead atoms. The van der Waals surface area contributed by atoms with E-state index in [4.69, 9.17) is 0 Å². The topological polar surface area (TPSA) is 119 Å². The predicted molar refractivity (Wildman–Crippen MR) is 116 cm³/mol. The lowest BCUT2D eigenvalue weighted by Gasteiger charge is -2.27. The molecule has 2 atom stereocenters. The Kier molecular flexibility index (Phi) is 6.92. The van der Waals surface area contributed by atoms with Crippen molar-refractivity contribution < 1.29 is 31.1 Å². The maximum atomic E-state index is 14.1. The lowest BCUT2D eigenvalue weighted by Crippen LogP contribution is -2.52. The van der Waals surface area contributed by atoms with Gasteiger partial charge in [0, 0.05) is 6.42 Å². The van der Waals surface area contributed by atoms with Crippen LogP contribution in [0.15, 0.2) is 48.5 Å². The summed E-state index contributed by atoms with van der Waals surface area (Å²) in [6, 6.07) is 7.50. The van der Waals surface area contributed by atoms with Crippen molar-refractivity contribution in [1.82, 2.24) is 31.3 Å². The molecule has 1 saturated carbocycles. The molecule has 8 nitrogen and oxygen atoms in total. The molecule has 14 heteroatoms. The molecule has 194 valence electrons. The zero-order chi connectivity index (χ0) is 26.8. The van der Waals surface area contributed by atoms with Crippen molar-refractivity contribution in [1.29, 1.82) is 5.26 Å². The summed E-state index contributed by atoms with van der Waals surface area (Å²) < 4.78 is 80.7. The lowest BCUT2D eigenvalue weighted by molar-refractivity contribution is -0.161. The molecule has 1 aromatic heterocycles. The number of rotatable bonds is 8. The standard InChI is InChI=1S/C23H19F6N7O/c24-22(25,26)16-7-5-14(6-8-16)13-1-3-15(4-2-13)19(23(27,28)29)31-17(11-18-33-35-36-34-18)20(37)32-21(12-30)9-10-21/h1-8,17,19,31H,9-11H2,(H,32,37)(H,33,34,35,36)/t17-,19-/m0/s1.